The molecule has 0 aromatic rings. The Bertz CT molecular complexity index is 201. The molecule has 0 rings (SSSR count). The number of esters is 1. The van der Waals surface area contributed by atoms with Crippen molar-refractivity contribution in [3.05, 3.63) is 0 Å². The number of aliphatic hydroxyl groups excluding tert-OH is 2. The summed E-state index contributed by atoms with van der Waals surface area (Å²) in [5.74, 6) is 4.55. The highest BCUT2D eigenvalue weighted by Crippen LogP contribution is 1.87. The molecule has 13 heavy (non-hydrogen) atoms. The minimum absolute atomic E-state index is 0.0319. The maximum atomic E-state index is 10.7. The van der Waals surface area contributed by atoms with Crippen molar-refractivity contribution in [3.8, 4) is 11.8 Å². The van der Waals surface area contributed by atoms with Gasteiger partial charge >= 0.3 is 5.97 Å². The van der Waals surface area contributed by atoms with E-state index in [4.69, 9.17) is 10.2 Å². The van der Waals surface area contributed by atoms with E-state index in [0.717, 1.165) is 12.8 Å². The van der Waals surface area contributed by atoms with Crippen LogP contribution < -0.4 is 0 Å². The number of unbranched alkanes of at least 4 members (excludes halogenated alkanes) is 1. The number of carbonyl (C=O) groups excluding carboxylic acids is 1. The third-order valence-electron chi connectivity index (χ3n) is 1.23. The van der Waals surface area contributed by atoms with Gasteiger partial charge in [-0.05, 0) is 6.42 Å². The predicted molar refractivity (Wildman–Crippen MR) is 46.7 cm³/mol. The van der Waals surface area contributed by atoms with Gasteiger partial charge in [0, 0.05) is 6.42 Å². The Balaban J connectivity index is 3.54. The SMILES string of the molecule is CCCC#CCOC(=O)C(O)CO. The van der Waals surface area contributed by atoms with E-state index in [9.17, 15) is 4.79 Å². The van der Waals surface area contributed by atoms with Gasteiger partial charge in [0.2, 0.25) is 0 Å². The first-order valence-corrected chi connectivity index (χ1v) is 4.13. The van der Waals surface area contributed by atoms with Gasteiger partial charge in [-0.1, -0.05) is 18.8 Å². The topological polar surface area (TPSA) is 66.8 Å². The Morgan fingerprint density at radius 2 is 2.23 bits per heavy atom. The summed E-state index contributed by atoms with van der Waals surface area (Å²) in [6.45, 7) is 1.34. The van der Waals surface area contributed by atoms with Crippen LogP contribution in [0.25, 0.3) is 0 Å². The molecule has 74 valence electrons. The molecule has 0 amide bonds. The van der Waals surface area contributed by atoms with E-state index < -0.39 is 18.7 Å². The normalized spacial score (nSPS) is 11.3. The van der Waals surface area contributed by atoms with Gasteiger partial charge in [-0.3, -0.25) is 0 Å². The number of carbonyl (C=O) groups is 1. The van der Waals surface area contributed by atoms with Gasteiger partial charge in [0.05, 0.1) is 6.61 Å². The van der Waals surface area contributed by atoms with Crippen molar-refractivity contribution in [1.29, 1.82) is 0 Å². The average Bonchev–Trinajstić information content (AvgIpc) is 2.16. The Hall–Kier alpha value is -1.05. The summed E-state index contributed by atoms with van der Waals surface area (Å²) in [7, 11) is 0. The number of aliphatic hydroxyl groups is 2. The van der Waals surface area contributed by atoms with Crippen LogP contribution in [-0.4, -0.2) is 35.5 Å². The molecule has 0 saturated heterocycles. The van der Waals surface area contributed by atoms with Crippen LogP contribution in [0.15, 0.2) is 0 Å². The van der Waals surface area contributed by atoms with Crippen LogP contribution in [0.5, 0.6) is 0 Å². The smallest absolute Gasteiger partial charge is 0.338 e. The summed E-state index contributed by atoms with van der Waals surface area (Å²) in [6.07, 6.45) is 0.272. The first-order chi connectivity index (χ1) is 6.22. The highest BCUT2D eigenvalue weighted by molar-refractivity contribution is 5.74. The molecule has 0 spiro atoms. The molecule has 0 aliphatic carbocycles. The molecule has 0 bridgehead atoms. The fourth-order valence-electron chi connectivity index (χ4n) is 0.542. The molecule has 0 heterocycles. The summed E-state index contributed by atoms with van der Waals surface area (Å²) < 4.78 is 4.52. The summed E-state index contributed by atoms with van der Waals surface area (Å²) in [5.41, 5.74) is 0. The largest absolute Gasteiger partial charge is 0.451 e. The summed E-state index contributed by atoms with van der Waals surface area (Å²) in [5, 5.41) is 17.1. The molecular weight excluding hydrogens is 172 g/mol. The second-order valence-corrected chi connectivity index (χ2v) is 2.41. The maximum Gasteiger partial charge on any atom is 0.338 e. The van der Waals surface area contributed by atoms with Crippen LogP contribution in [0.1, 0.15) is 19.8 Å². The molecule has 0 fully saturated rings. The van der Waals surface area contributed by atoms with Gasteiger partial charge < -0.3 is 14.9 Å². The lowest BCUT2D eigenvalue weighted by Gasteiger charge is -2.04. The van der Waals surface area contributed by atoms with E-state index in [1.54, 1.807) is 0 Å². The second kappa shape index (κ2) is 7.59. The van der Waals surface area contributed by atoms with Crippen molar-refractivity contribution < 1.29 is 19.7 Å². The molecule has 0 aliphatic heterocycles. The quantitative estimate of drug-likeness (QED) is 0.466. The average molecular weight is 186 g/mol. The maximum absolute atomic E-state index is 10.7. The summed E-state index contributed by atoms with van der Waals surface area (Å²) in [6, 6.07) is 0. The minimum Gasteiger partial charge on any atom is -0.451 e. The molecule has 1 unspecified atom stereocenters. The van der Waals surface area contributed by atoms with Crippen LogP contribution >= 0.6 is 0 Å². The minimum atomic E-state index is -1.45. The first-order valence-electron chi connectivity index (χ1n) is 4.13. The van der Waals surface area contributed by atoms with Gasteiger partial charge in [0.1, 0.15) is 0 Å². The Kier molecular flexibility index (Phi) is 6.98. The molecule has 4 nitrogen and oxygen atoms in total. The predicted octanol–water partition coefficient (Wildman–Crippen LogP) is -0.314. The van der Waals surface area contributed by atoms with Crippen LogP contribution in [0.2, 0.25) is 0 Å². The lowest BCUT2D eigenvalue weighted by Crippen LogP contribution is -2.26. The highest BCUT2D eigenvalue weighted by atomic mass is 16.5. The first kappa shape index (κ1) is 11.9. The molecule has 0 aromatic heterocycles. The summed E-state index contributed by atoms with van der Waals surface area (Å²) >= 11 is 0. The number of hydrogen-bond donors (Lipinski definition) is 2. The molecule has 0 aromatic carbocycles. The van der Waals surface area contributed by atoms with Gasteiger partial charge in [-0.15, -0.1) is 0 Å². The number of ether oxygens (including phenoxy) is 1. The Morgan fingerprint density at radius 1 is 1.54 bits per heavy atom. The molecule has 0 radical (unpaired) electrons. The Morgan fingerprint density at radius 3 is 2.77 bits per heavy atom. The van der Waals surface area contributed by atoms with E-state index in [-0.39, 0.29) is 6.61 Å². The van der Waals surface area contributed by atoms with E-state index in [1.165, 1.54) is 0 Å². The molecule has 0 aliphatic rings. The van der Waals surface area contributed by atoms with Crippen LogP contribution in [0.3, 0.4) is 0 Å². The van der Waals surface area contributed by atoms with E-state index >= 15 is 0 Å². The number of hydrogen-bond acceptors (Lipinski definition) is 4. The molecule has 2 N–H and O–H groups in total. The molecule has 4 heteroatoms. The standard InChI is InChI=1S/C9H14O4/c1-2-3-4-5-6-13-9(12)8(11)7-10/h8,10-11H,2-3,6-7H2,1H3. The molecular formula is C9H14O4. The van der Waals surface area contributed by atoms with Crippen molar-refractivity contribution in [2.75, 3.05) is 13.2 Å². The lowest BCUT2D eigenvalue weighted by atomic mass is 10.3. The zero-order chi connectivity index (χ0) is 10.1. The van der Waals surface area contributed by atoms with Gasteiger partial charge in [-0.25, -0.2) is 4.79 Å². The zero-order valence-corrected chi connectivity index (χ0v) is 7.62. The fourth-order valence-corrected chi connectivity index (χ4v) is 0.542. The van der Waals surface area contributed by atoms with Gasteiger partial charge in [0.25, 0.3) is 0 Å². The monoisotopic (exact) mass is 186 g/mol. The third kappa shape index (κ3) is 6.14. The van der Waals surface area contributed by atoms with E-state index in [1.807, 2.05) is 6.92 Å². The van der Waals surface area contributed by atoms with Crippen LogP contribution in [-0.2, 0) is 9.53 Å². The van der Waals surface area contributed by atoms with E-state index in [2.05, 4.69) is 16.6 Å². The van der Waals surface area contributed by atoms with Crippen LogP contribution in [0, 0.1) is 11.8 Å². The van der Waals surface area contributed by atoms with E-state index in [0.29, 0.717) is 0 Å². The highest BCUT2D eigenvalue weighted by Gasteiger charge is 2.13. The van der Waals surface area contributed by atoms with Crippen LogP contribution in [0.4, 0.5) is 0 Å². The third-order valence-corrected chi connectivity index (χ3v) is 1.23. The van der Waals surface area contributed by atoms with Crippen molar-refractivity contribution in [2.24, 2.45) is 0 Å². The second-order valence-electron chi connectivity index (χ2n) is 2.41. The lowest BCUT2D eigenvalue weighted by molar-refractivity contribution is -0.153. The molecule has 1 atom stereocenters. The fraction of sp³-hybridized carbons (Fsp3) is 0.667. The van der Waals surface area contributed by atoms with Crippen molar-refractivity contribution in [2.45, 2.75) is 25.9 Å². The van der Waals surface area contributed by atoms with Gasteiger partial charge in [-0.2, -0.15) is 0 Å². The molecule has 0 saturated carbocycles. The summed E-state index contributed by atoms with van der Waals surface area (Å²) in [4.78, 5) is 10.7. The van der Waals surface area contributed by atoms with Crippen molar-refractivity contribution >= 4 is 5.97 Å². The van der Waals surface area contributed by atoms with Crippen molar-refractivity contribution in [1.82, 2.24) is 0 Å². The number of rotatable bonds is 4. The zero-order valence-electron chi connectivity index (χ0n) is 7.62. The Labute approximate surface area is 77.5 Å². The van der Waals surface area contributed by atoms with Crippen molar-refractivity contribution in [3.63, 3.8) is 0 Å². The van der Waals surface area contributed by atoms with Gasteiger partial charge in [0.15, 0.2) is 12.7 Å².